The van der Waals surface area contributed by atoms with E-state index >= 15 is 0 Å². The number of benzene rings is 2. The van der Waals surface area contributed by atoms with E-state index in [0.29, 0.717) is 17.1 Å². The molecular weight excluding hydrogens is 491 g/mol. The second kappa shape index (κ2) is 12.4. The van der Waals surface area contributed by atoms with Crippen molar-refractivity contribution in [2.45, 2.75) is 77.5 Å². The van der Waals surface area contributed by atoms with Crippen LogP contribution in [0.2, 0.25) is 5.02 Å². The Labute approximate surface area is 222 Å². The summed E-state index contributed by atoms with van der Waals surface area (Å²) >= 11 is 6.47. The number of amides is 2. The average Bonchev–Trinajstić information content (AvgIpc) is 3.21. The maximum absolute atomic E-state index is 13.8. The highest BCUT2D eigenvalue weighted by molar-refractivity contribution is 6.31. The molecule has 0 saturated heterocycles. The molecule has 1 aromatic heterocycles. The lowest BCUT2D eigenvalue weighted by Gasteiger charge is -2.34. The van der Waals surface area contributed by atoms with Gasteiger partial charge in [-0.1, -0.05) is 61.2 Å². The SMILES string of the molecule is Cc1cc(C)n(CCC(=O)N(Cc2ccccc2Cl)C(C(=O)NC2CCCCC2)c2ccc(F)cc2)n1. The molecule has 1 N–H and O–H groups in total. The van der Waals surface area contributed by atoms with E-state index in [1.54, 1.807) is 27.8 Å². The fourth-order valence-corrected chi connectivity index (χ4v) is 5.22. The molecule has 2 aromatic carbocycles. The minimum Gasteiger partial charge on any atom is -0.351 e. The minimum absolute atomic E-state index is 0.0659. The average molecular weight is 525 g/mol. The predicted octanol–water partition coefficient (Wildman–Crippen LogP) is 5.90. The molecule has 1 heterocycles. The van der Waals surface area contributed by atoms with Crippen molar-refractivity contribution < 1.29 is 14.0 Å². The number of hydrogen-bond donors (Lipinski definition) is 1. The smallest absolute Gasteiger partial charge is 0.247 e. The van der Waals surface area contributed by atoms with E-state index in [-0.39, 0.29) is 30.8 Å². The van der Waals surface area contributed by atoms with Gasteiger partial charge in [-0.25, -0.2) is 4.39 Å². The van der Waals surface area contributed by atoms with Crippen LogP contribution < -0.4 is 5.32 Å². The van der Waals surface area contributed by atoms with Crippen LogP contribution in [0.4, 0.5) is 4.39 Å². The third-order valence-corrected chi connectivity index (χ3v) is 7.33. The van der Waals surface area contributed by atoms with Crippen molar-refractivity contribution in [1.29, 1.82) is 0 Å². The number of nitrogens with zero attached hydrogens (tertiary/aromatic N) is 3. The number of halogens is 2. The molecule has 0 aliphatic heterocycles. The van der Waals surface area contributed by atoms with Crippen molar-refractivity contribution in [3.05, 3.63) is 88.0 Å². The topological polar surface area (TPSA) is 67.2 Å². The van der Waals surface area contributed by atoms with Crippen LogP contribution in [0.3, 0.4) is 0 Å². The van der Waals surface area contributed by atoms with Crippen LogP contribution in [0, 0.1) is 19.7 Å². The van der Waals surface area contributed by atoms with Crippen molar-refractivity contribution in [3.63, 3.8) is 0 Å². The van der Waals surface area contributed by atoms with Gasteiger partial charge in [0, 0.05) is 36.3 Å². The molecule has 3 aromatic rings. The standard InChI is InChI=1S/C29H34ClFN4O2/c1-20-18-21(2)35(33-20)17-16-27(36)34(19-23-8-6-7-11-26(23)30)28(22-12-14-24(31)15-13-22)29(37)32-25-9-4-3-5-10-25/h6-8,11-15,18,25,28H,3-5,9-10,16-17,19H2,1-2H3,(H,32,37). The summed E-state index contributed by atoms with van der Waals surface area (Å²) in [7, 11) is 0. The highest BCUT2D eigenvalue weighted by Gasteiger charge is 2.33. The minimum atomic E-state index is -0.924. The van der Waals surface area contributed by atoms with Crippen LogP contribution >= 0.6 is 11.6 Å². The van der Waals surface area contributed by atoms with E-state index in [4.69, 9.17) is 11.6 Å². The monoisotopic (exact) mass is 524 g/mol. The van der Waals surface area contributed by atoms with Gasteiger partial charge in [-0.15, -0.1) is 0 Å². The Morgan fingerprint density at radius 3 is 2.46 bits per heavy atom. The van der Waals surface area contributed by atoms with Crippen LogP contribution in [-0.4, -0.2) is 32.5 Å². The van der Waals surface area contributed by atoms with Crippen LogP contribution in [-0.2, 0) is 22.7 Å². The predicted molar refractivity (Wildman–Crippen MR) is 142 cm³/mol. The summed E-state index contributed by atoms with van der Waals surface area (Å²) in [6, 6.07) is 14.2. The molecule has 4 rings (SSSR count). The van der Waals surface area contributed by atoms with Crippen LogP contribution in [0.1, 0.15) is 67.1 Å². The summed E-state index contributed by atoms with van der Waals surface area (Å²) in [5, 5.41) is 8.16. The van der Waals surface area contributed by atoms with Gasteiger partial charge in [0.05, 0.1) is 5.69 Å². The number of rotatable bonds is 9. The zero-order chi connectivity index (χ0) is 26.4. The van der Waals surface area contributed by atoms with Crippen LogP contribution in [0.25, 0.3) is 0 Å². The quantitative estimate of drug-likeness (QED) is 0.379. The van der Waals surface area contributed by atoms with Gasteiger partial charge in [0.15, 0.2) is 0 Å². The van der Waals surface area contributed by atoms with Crippen LogP contribution in [0.15, 0.2) is 54.6 Å². The maximum atomic E-state index is 13.8. The van der Waals surface area contributed by atoms with E-state index in [1.807, 2.05) is 38.1 Å². The van der Waals surface area contributed by atoms with Gasteiger partial charge in [0.1, 0.15) is 11.9 Å². The summed E-state index contributed by atoms with van der Waals surface area (Å²) in [6.07, 6.45) is 5.28. The Balaban J connectivity index is 1.67. The first-order valence-electron chi connectivity index (χ1n) is 12.9. The van der Waals surface area contributed by atoms with E-state index < -0.39 is 11.9 Å². The molecule has 1 aliphatic carbocycles. The first kappa shape index (κ1) is 26.9. The molecule has 6 nitrogen and oxygen atoms in total. The Morgan fingerprint density at radius 2 is 1.81 bits per heavy atom. The van der Waals surface area contributed by atoms with Crippen molar-refractivity contribution in [2.24, 2.45) is 0 Å². The van der Waals surface area contributed by atoms with Crippen molar-refractivity contribution in [2.75, 3.05) is 0 Å². The molecule has 2 amide bonds. The van der Waals surface area contributed by atoms with Crippen LogP contribution in [0.5, 0.6) is 0 Å². The lowest BCUT2D eigenvalue weighted by molar-refractivity contribution is -0.142. The summed E-state index contributed by atoms with van der Waals surface area (Å²) in [6.45, 7) is 4.40. The zero-order valence-electron chi connectivity index (χ0n) is 21.4. The van der Waals surface area contributed by atoms with E-state index in [1.165, 1.54) is 12.1 Å². The molecule has 1 aliphatic rings. The van der Waals surface area contributed by atoms with Gasteiger partial charge in [-0.05, 0) is 62.1 Å². The first-order chi connectivity index (χ1) is 17.8. The molecule has 1 saturated carbocycles. The molecular formula is C29H34ClFN4O2. The third-order valence-electron chi connectivity index (χ3n) is 6.96. The van der Waals surface area contributed by atoms with Gasteiger partial charge in [-0.2, -0.15) is 5.10 Å². The molecule has 1 fully saturated rings. The third kappa shape index (κ3) is 6.98. The van der Waals surface area contributed by atoms with Gasteiger partial charge in [-0.3, -0.25) is 14.3 Å². The molecule has 0 radical (unpaired) electrons. The summed E-state index contributed by atoms with van der Waals surface area (Å²) in [4.78, 5) is 29.2. The number of hydrogen-bond acceptors (Lipinski definition) is 3. The number of carbonyl (C=O) groups excluding carboxylic acids is 2. The van der Waals surface area contributed by atoms with Crippen molar-refractivity contribution >= 4 is 23.4 Å². The maximum Gasteiger partial charge on any atom is 0.247 e. The Hall–Kier alpha value is -3.19. The van der Waals surface area contributed by atoms with E-state index in [9.17, 15) is 14.0 Å². The van der Waals surface area contributed by atoms with Gasteiger partial charge in [0.25, 0.3) is 0 Å². The number of aromatic nitrogens is 2. The molecule has 37 heavy (non-hydrogen) atoms. The largest absolute Gasteiger partial charge is 0.351 e. The number of aryl methyl sites for hydroxylation is 3. The number of nitrogens with one attached hydrogen (secondary N) is 1. The Morgan fingerprint density at radius 1 is 1.11 bits per heavy atom. The fourth-order valence-electron chi connectivity index (χ4n) is 5.03. The summed E-state index contributed by atoms with van der Waals surface area (Å²) in [5.74, 6) is -0.866. The zero-order valence-corrected chi connectivity index (χ0v) is 22.2. The van der Waals surface area contributed by atoms with E-state index in [0.717, 1.165) is 49.1 Å². The highest BCUT2D eigenvalue weighted by Crippen LogP contribution is 2.28. The van der Waals surface area contributed by atoms with Gasteiger partial charge < -0.3 is 10.2 Å². The second-order valence-corrected chi connectivity index (χ2v) is 10.2. The molecule has 196 valence electrons. The van der Waals surface area contributed by atoms with Crippen molar-refractivity contribution in [3.8, 4) is 0 Å². The molecule has 0 spiro atoms. The van der Waals surface area contributed by atoms with E-state index in [2.05, 4.69) is 10.4 Å². The first-order valence-corrected chi connectivity index (χ1v) is 13.3. The molecule has 8 heteroatoms. The second-order valence-electron chi connectivity index (χ2n) is 9.81. The highest BCUT2D eigenvalue weighted by atomic mass is 35.5. The molecule has 0 bridgehead atoms. The van der Waals surface area contributed by atoms with Gasteiger partial charge in [0.2, 0.25) is 11.8 Å². The van der Waals surface area contributed by atoms with Crippen molar-refractivity contribution in [1.82, 2.24) is 20.0 Å². The lowest BCUT2D eigenvalue weighted by atomic mass is 9.94. The molecule has 1 atom stereocenters. The normalized spacial score (nSPS) is 14.8. The molecule has 1 unspecified atom stereocenters. The lowest BCUT2D eigenvalue weighted by Crippen LogP contribution is -2.47. The fraction of sp³-hybridized carbons (Fsp3) is 0.414. The van der Waals surface area contributed by atoms with Gasteiger partial charge >= 0.3 is 0 Å². The summed E-state index contributed by atoms with van der Waals surface area (Å²) in [5.41, 5.74) is 3.14. The Kier molecular flexibility index (Phi) is 8.98. The summed E-state index contributed by atoms with van der Waals surface area (Å²) < 4.78 is 15.6. The Bertz CT molecular complexity index is 1220. The number of carbonyl (C=O) groups is 2.